The Morgan fingerprint density at radius 3 is 2.92 bits per heavy atom. The van der Waals surface area contributed by atoms with Crippen molar-refractivity contribution in [3.05, 3.63) is 34.7 Å². The Bertz CT molecular complexity index is 730. The molecule has 0 amide bonds. The summed E-state index contributed by atoms with van der Waals surface area (Å²) in [5.41, 5.74) is 1.96. The number of aromatic nitrogens is 2. The van der Waals surface area contributed by atoms with Gasteiger partial charge in [0.1, 0.15) is 5.65 Å². The Hall–Kier alpha value is -0.480. The Labute approximate surface area is 172 Å². The molecular weight excluding hydrogens is 501 g/mol. The molecule has 132 valence electrons. The van der Waals surface area contributed by atoms with Gasteiger partial charge in [0.25, 0.3) is 0 Å². The summed E-state index contributed by atoms with van der Waals surface area (Å²) < 4.78 is 3.35. The van der Waals surface area contributed by atoms with Gasteiger partial charge >= 0.3 is 0 Å². The number of hydrogen-bond donors (Lipinski definition) is 1. The first-order valence-corrected chi connectivity index (χ1v) is 9.47. The van der Waals surface area contributed by atoms with Gasteiger partial charge in [0, 0.05) is 47.5 Å². The predicted octanol–water partition coefficient (Wildman–Crippen LogP) is 3.62. The largest absolute Gasteiger partial charge is 0.351 e. The van der Waals surface area contributed by atoms with E-state index >= 15 is 0 Å². The van der Waals surface area contributed by atoms with Crippen molar-refractivity contribution in [1.82, 2.24) is 19.6 Å². The fraction of sp³-hybridized carbons (Fsp3) is 0.500. The Kier molecular flexibility index (Phi) is 6.83. The highest BCUT2D eigenvalue weighted by Crippen LogP contribution is 2.29. The molecule has 1 fully saturated rings. The molecule has 8 heteroatoms. The predicted molar refractivity (Wildman–Crippen MR) is 117 cm³/mol. The molecule has 2 aromatic rings. The van der Waals surface area contributed by atoms with Crippen molar-refractivity contribution in [3.8, 4) is 0 Å². The van der Waals surface area contributed by atoms with Gasteiger partial charge in [-0.2, -0.15) is 11.8 Å². The number of fused-ring (bicyclic) bond motifs is 1. The first-order chi connectivity index (χ1) is 11.0. The summed E-state index contributed by atoms with van der Waals surface area (Å²) in [4.78, 5) is 11.4. The highest BCUT2D eigenvalue weighted by molar-refractivity contribution is 14.0. The van der Waals surface area contributed by atoms with E-state index in [-0.39, 0.29) is 28.7 Å². The van der Waals surface area contributed by atoms with E-state index in [0.29, 0.717) is 6.54 Å². The van der Waals surface area contributed by atoms with Crippen molar-refractivity contribution >= 4 is 63.3 Å². The van der Waals surface area contributed by atoms with Crippen LogP contribution in [0.1, 0.15) is 19.5 Å². The maximum absolute atomic E-state index is 4.64. The third-order valence-corrected chi connectivity index (χ3v) is 5.60. The van der Waals surface area contributed by atoms with E-state index < -0.39 is 0 Å². The number of rotatable bonds is 2. The summed E-state index contributed by atoms with van der Waals surface area (Å²) in [6.07, 6.45) is 4.07. The van der Waals surface area contributed by atoms with Crippen molar-refractivity contribution in [3.63, 3.8) is 0 Å². The van der Waals surface area contributed by atoms with Crippen LogP contribution >= 0.6 is 51.7 Å². The lowest BCUT2D eigenvalue weighted by Gasteiger charge is -2.39. The maximum Gasteiger partial charge on any atom is 0.194 e. The summed E-state index contributed by atoms with van der Waals surface area (Å²) in [5, 5.41) is 3.45. The van der Waals surface area contributed by atoms with Crippen molar-refractivity contribution in [1.29, 1.82) is 0 Å². The molecule has 5 nitrogen and oxygen atoms in total. The maximum atomic E-state index is 4.64. The summed E-state index contributed by atoms with van der Waals surface area (Å²) in [6, 6.07) is 4.01. The number of aliphatic imine (C=N–C) groups is 1. The molecule has 0 saturated carbocycles. The Balaban J connectivity index is 0.00000208. The van der Waals surface area contributed by atoms with Gasteiger partial charge in [-0.3, -0.25) is 4.99 Å². The van der Waals surface area contributed by atoms with Gasteiger partial charge in [0.05, 0.1) is 12.2 Å². The van der Waals surface area contributed by atoms with E-state index in [1.807, 2.05) is 41.5 Å². The van der Waals surface area contributed by atoms with Gasteiger partial charge < -0.3 is 14.6 Å². The number of imidazole rings is 1. The number of hydrogen-bond acceptors (Lipinski definition) is 3. The van der Waals surface area contributed by atoms with Crippen molar-refractivity contribution < 1.29 is 0 Å². The monoisotopic (exact) mass is 523 g/mol. The molecule has 0 bridgehead atoms. The first-order valence-electron chi connectivity index (χ1n) is 7.69. The van der Waals surface area contributed by atoms with Gasteiger partial charge in [-0.25, -0.2) is 4.98 Å². The summed E-state index contributed by atoms with van der Waals surface area (Å²) in [7, 11) is 1.85. The van der Waals surface area contributed by atoms with E-state index in [9.17, 15) is 0 Å². The molecule has 1 aliphatic rings. The van der Waals surface area contributed by atoms with Crippen molar-refractivity contribution in [2.45, 2.75) is 25.1 Å². The zero-order chi connectivity index (χ0) is 16.4. The SMILES string of the molecule is CN=C(NCc1cn2cc(Br)ccc2n1)N1CCSC(C)(C)C1.I. The van der Waals surface area contributed by atoms with Gasteiger partial charge in [0.2, 0.25) is 0 Å². The molecule has 0 radical (unpaired) electrons. The lowest BCUT2D eigenvalue weighted by Crippen LogP contribution is -2.50. The Morgan fingerprint density at radius 1 is 1.42 bits per heavy atom. The fourth-order valence-corrected chi connectivity index (χ4v) is 4.27. The molecule has 3 heterocycles. The van der Waals surface area contributed by atoms with Crippen LogP contribution in [0.2, 0.25) is 0 Å². The number of thioether (sulfide) groups is 1. The molecule has 1 saturated heterocycles. The van der Waals surface area contributed by atoms with E-state index in [0.717, 1.165) is 40.6 Å². The zero-order valence-electron chi connectivity index (χ0n) is 14.1. The van der Waals surface area contributed by atoms with E-state index in [1.165, 1.54) is 0 Å². The topological polar surface area (TPSA) is 44.9 Å². The molecule has 3 rings (SSSR count). The highest BCUT2D eigenvalue weighted by Gasteiger charge is 2.28. The quantitative estimate of drug-likeness (QED) is 0.371. The third-order valence-electron chi connectivity index (χ3n) is 3.83. The van der Waals surface area contributed by atoms with E-state index in [2.05, 4.69) is 56.2 Å². The molecule has 0 atom stereocenters. The van der Waals surface area contributed by atoms with Crippen LogP contribution in [-0.2, 0) is 6.54 Å². The summed E-state index contributed by atoms with van der Waals surface area (Å²) >= 11 is 5.51. The average Bonchev–Trinajstić information content (AvgIpc) is 2.89. The second-order valence-electron chi connectivity index (χ2n) is 6.28. The van der Waals surface area contributed by atoms with Crippen molar-refractivity contribution in [2.24, 2.45) is 4.99 Å². The number of nitrogens with zero attached hydrogens (tertiary/aromatic N) is 4. The van der Waals surface area contributed by atoms with Crippen LogP contribution < -0.4 is 5.32 Å². The molecule has 1 aliphatic heterocycles. The summed E-state index contributed by atoms with van der Waals surface area (Å²) in [5.74, 6) is 2.09. The van der Waals surface area contributed by atoms with Crippen LogP contribution in [0.4, 0.5) is 0 Å². The van der Waals surface area contributed by atoms with Crippen LogP contribution in [0.5, 0.6) is 0 Å². The second-order valence-corrected chi connectivity index (χ2v) is 8.99. The van der Waals surface area contributed by atoms with Crippen LogP contribution in [0.3, 0.4) is 0 Å². The minimum absolute atomic E-state index is 0. The number of pyridine rings is 1. The Morgan fingerprint density at radius 2 is 2.21 bits per heavy atom. The van der Waals surface area contributed by atoms with Gasteiger partial charge in [-0.05, 0) is 41.9 Å². The fourth-order valence-electron chi connectivity index (χ4n) is 2.80. The van der Waals surface area contributed by atoms with Crippen LogP contribution in [0.15, 0.2) is 34.0 Å². The third kappa shape index (κ3) is 4.78. The van der Waals surface area contributed by atoms with E-state index in [4.69, 9.17) is 0 Å². The number of guanidine groups is 1. The number of nitrogens with one attached hydrogen (secondary N) is 1. The zero-order valence-corrected chi connectivity index (χ0v) is 18.9. The molecule has 0 spiro atoms. The smallest absolute Gasteiger partial charge is 0.194 e. The average molecular weight is 524 g/mol. The van der Waals surface area contributed by atoms with Gasteiger partial charge in [-0.15, -0.1) is 24.0 Å². The standard InChI is InChI=1S/C16H22BrN5S.HI/c1-16(2)11-21(6-7-23-16)15(18-3)19-8-13-10-22-9-12(17)4-5-14(22)20-13;/h4-5,9-10H,6-8,11H2,1-3H3,(H,18,19);1H. The molecule has 24 heavy (non-hydrogen) atoms. The molecule has 2 aromatic heterocycles. The van der Waals surface area contributed by atoms with Gasteiger partial charge in [-0.1, -0.05) is 0 Å². The molecular formula is C16H23BrIN5S. The van der Waals surface area contributed by atoms with Crippen LogP contribution in [0, 0.1) is 0 Å². The van der Waals surface area contributed by atoms with Crippen molar-refractivity contribution in [2.75, 3.05) is 25.9 Å². The lowest BCUT2D eigenvalue weighted by atomic mass is 10.2. The second kappa shape index (κ2) is 8.27. The van der Waals surface area contributed by atoms with E-state index in [1.54, 1.807) is 0 Å². The molecule has 0 unspecified atom stereocenters. The lowest BCUT2D eigenvalue weighted by molar-refractivity contribution is 0.375. The molecule has 0 aromatic carbocycles. The summed E-state index contributed by atoms with van der Waals surface area (Å²) in [6.45, 7) is 7.30. The first kappa shape index (κ1) is 19.8. The minimum atomic E-state index is 0. The van der Waals surface area contributed by atoms with Gasteiger partial charge in [0.15, 0.2) is 5.96 Å². The molecule has 0 aliphatic carbocycles. The highest BCUT2D eigenvalue weighted by atomic mass is 127. The normalized spacial score (nSPS) is 17.7. The number of halogens is 2. The van der Waals surface area contributed by atoms with Crippen LogP contribution in [-0.4, -0.2) is 50.9 Å². The van der Waals surface area contributed by atoms with Crippen LogP contribution in [0.25, 0.3) is 5.65 Å². The molecule has 1 N–H and O–H groups in total. The minimum Gasteiger partial charge on any atom is -0.351 e.